The third-order valence-corrected chi connectivity index (χ3v) is 4.98. The van der Waals surface area contributed by atoms with Crippen LogP contribution in [0.1, 0.15) is 33.1 Å². The minimum atomic E-state index is -0.282. The highest BCUT2D eigenvalue weighted by Gasteiger charge is 2.28. The molecule has 1 aromatic heterocycles. The molecule has 1 aliphatic carbocycles. The second-order valence-corrected chi connectivity index (χ2v) is 6.51. The lowest BCUT2D eigenvalue weighted by Crippen LogP contribution is -2.45. The Morgan fingerprint density at radius 2 is 2.09 bits per heavy atom. The molecule has 0 aliphatic heterocycles. The molecule has 0 saturated heterocycles. The average molecular weight is 314 g/mol. The van der Waals surface area contributed by atoms with Crippen LogP contribution < -0.4 is 10.9 Å². The Hall–Kier alpha value is -2.24. The van der Waals surface area contributed by atoms with E-state index in [1.54, 1.807) is 24.3 Å². The van der Waals surface area contributed by atoms with Crippen molar-refractivity contribution in [2.75, 3.05) is 0 Å². The molecule has 0 radical (unpaired) electrons. The van der Waals surface area contributed by atoms with Gasteiger partial charge in [-0.1, -0.05) is 44.0 Å². The lowest BCUT2D eigenvalue weighted by molar-refractivity contribution is -0.123. The van der Waals surface area contributed by atoms with E-state index in [-0.39, 0.29) is 24.1 Å². The van der Waals surface area contributed by atoms with Crippen LogP contribution in [-0.2, 0) is 11.3 Å². The second kappa shape index (κ2) is 6.48. The van der Waals surface area contributed by atoms with Crippen molar-refractivity contribution in [3.05, 3.63) is 34.6 Å². The number of rotatable bonds is 3. The van der Waals surface area contributed by atoms with Gasteiger partial charge in [-0.25, -0.2) is 4.68 Å². The van der Waals surface area contributed by atoms with Crippen molar-refractivity contribution in [1.82, 2.24) is 20.3 Å². The Kier molecular flexibility index (Phi) is 4.41. The van der Waals surface area contributed by atoms with Gasteiger partial charge in [-0.15, -0.1) is 5.10 Å². The fourth-order valence-corrected chi connectivity index (χ4v) is 3.30. The molecular formula is C17H22N4O2. The number of fused-ring (bicyclic) bond motifs is 1. The smallest absolute Gasteiger partial charge is 0.278 e. The van der Waals surface area contributed by atoms with Crippen LogP contribution in [0.4, 0.5) is 0 Å². The molecule has 1 aromatic carbocycles. The van der Waals surface area contributed by atoms with E-state index in [2.05, 4.69) is 29.5 Å². The summed E-state index contributed by atoms with van der Waals surface area (Å²) in [6.07, 6.45) is 3.34. The third kappa shape index (κ3) is 3.25. The zero-order valence-electron chi connectivity index (χ0n) is 13.5. The summed E-state index contributed by atoms with van der Waals surface area (Å²) in [6, 6.07) is 7.20. The summed E-state index contributed by atoms with van der Waals surface area (Å²) in [5, 5.41) is 11.4. The van der Waals surface area contributed by atoms with Crippen LogP contribution in [0.25, 0.3) is 10.9 Å². The SMILES string of the molecule is C[C@@H]1[C@H](C)CCC[C@@H]1NC(=O)Cn1nnc2ccccc2c1=O. The molecule has 23 heavy (non-hydrogen) atoms. The summed E-state index contributed by atoms with van der Waals surface area (Å²) in [6.45, 7) is 4.31. The van der Waals surface area contributed by atoms with Gasteiger partial charge in [-0.3, -0.25) is 9.59 Å². The van der Waals surface area contributed by atoms with Gasteiger partial charge in [-0.2, -0.15) is 0 Å². The maximum Gasteiger partial charge on any atom is 0.278 e. The van der Waals surface area contributed by atoms with Gasteiger partial charge < -0.3 is 5.32 Å². The lowest BCUT2D eigenvalue weighted by Gasteiger charge is -2.34. The topological polar surface area (TPSA) is 76.9 Å². The molecule has 122 valence electrons. The van der Waals surface area contributed by atoms with Crippen molar-refractivity contribution >= 4 is 16.8 Å². The van der Waals surface area contributed by atoms with Crippen LogP contribution in [0.15, 0.2) is 29.1 Å². The maximum absolute atomic E-state index is 12.4. The Morgan fingerprint density at radius 1 is 1.30 bits per heavy atom. The van der Waals surface area contributed by atoms with Crippen molar-refractivity contribution in [3.8, 4) is 0 Å². The van der Waals surface area contributed by atoms with Crippen molar-refractivity contribution < 1.29 is 4.79 Å². The first-order valence-electron chi connectivity index (χ1n) is 8.18. The number of carbonyl (C=O) groups is 1. The van der Waals surface area contributed by atoms with Crippen molar-refractivity contribution in [3.63, 3.8) is 0 Å². The highest BCUT2D eigenvalue weighted by atomic mass is 16.2. The average Bonchev–Trinajstić information content (AvgIpc) is 2.55. The number of amides is 1. The van der Waals surface area contributed by atoms with Gasteiger partial charge in [0.15, 0.2) is 0 Å². The molecule has 1 amide bonds. The summed E-state index contributed by atoms with van der Waals surface area (Å²) in [4.78, 5) is 24.6. The molecule has 1 aliphatic rings. The second-order valence-electron chi connectivity index (χ2n) is 6.51. The summed E-state index contributed by atoms with van der Waals surface area (Å²) in [5.41, 5.74) is 0.264. The van der Waals surface area contributed by atoms with Crippen LogP contribution in [0, 0.1) is 11.8 Å². The van der Waals surface area contributed by atoms with Gasteiger partial charge in [0.2, 0.25) is 5.91 Å². The molecule has 1 fully saturated rings. The highest BCUT2D eigenvalue weighted by molar-refractivity contribution is 5.78. The number of benzene rings is 1. The van der Waals surface area contributed by atoms with E-state index in [1.165, 1.54) is 6.42 Å². The third-order valence-electron chi connectivity index (χ3n) is 4.98. The molecule has 0 bridgehead atoms. The lowest BCUT2D eigenvalue weighted by atomic mass is 9.78. The van der Waals surface area contributed by atoms with E-state index < -0.39 is 0 Å². The first-order chi connectivity index (χ1) is 11.1. The summed E-state index contributed by atoms with van der Waals surface area (Å²) in [7, 11) is 0. The van der Waals surface area contributed by atoms with Crippen molar-refractivity contribution in [2.45, 2.75) is 45.7 Å². The minimum Gasteiger partial charge on any atom is -0.351 e. The Morgan fingerprint density at radius 3 is 2.91 bits per heavy atom. The molecule has 6 heteroatoms. The normalized spacial score (nSPS) is 24.5. The first kappa shape index (κ1) is 15.6. The van der Waals surface area contributed by atoms with Gasteiger partial charge in [0.1, 0.15) is 12.1 Å². The highest BCUT2D eigenvalue weighted by Crippen LogP contribution is 2.29. The van der Waals surface area contributed by atoms with E-state index >= 15 is 0 Å². The zero-order valence-corrected chi connectivity index (χ0v) is 13.5. The van der Waals surface area contributed by atoms with Crippen LogP contribution in [0.5, 0.6) is 0 Å². The number of aromatic nitrogens is 3. The minimum absolute atomic E-state index is 0.0890. The first-order valence-corrected chi connectivity index (χ1v) is 8.18. The van der Waals surface area contributed by atoms with Crippen LogP contribution in [-0.4, -0.2) is 26.9 Å². The Bertz CT molecular complexity index is 771. The molecule has 1 N–H and O–H groups in total. The van der Waals surface area contributed by atoms with Crippen molar-refractivity contribution in [1.29, 1.82) is 0 Å². The number of carbonyl (C=O) groups excluding carboxylic acids is 1. The standard InChI is InChI=1S/C17H22N4O2/c1-11-6-5-9-14(12(11)2)18-16(22)10-21-17(23)13-7-3-4-8-15(13)19-20-21/h3-4,7-8,11-12,14H,5-6,9-10H2,1-2H3,(H,18,22)/t11-,12-,14+/m1/s1. The predicted molar refractivity (Wildman–Crippen MR) is 87.9 cm³/mol. The maximum atomic E-state index is 12.4. The van der Waals surface area contributed by atoms with Gasteiger partial charge in [0, 0.05) is 6.04 Å². The fraction of sp³-hybridized carbons (Fsp3) is 0.529. The largest absolute Gasteiger partial charge is 0.351 e. The number of hydrogen-bond donors (Lipinski definition) is 1. The molecule has 1 heterocycles. The molecular weight excluding hydrogens is 292 g/mol. The van der Waals surface area contributed by atoms with E-state index in [1.807, 2.05) is 0 Å². The van der Waals surface area contributed by atoms with E-state index in [9.17, 15) is 9.59 Å². The molecule has 3 atom stereocenters. The molecule has 0 spiro atoms. The van der Waals surface area contributed by atoms with Crippen LogP contribution in [0.2, 0.25) is 0 Å². The number of hydrogen-bond acceptors (Lipinski definition) is 4. The van der Waals surface area contributed by atoms with Crippen molar-refractivity contribution in [2.24, 2.45) is 11.8 Å². The van der Waals surface area contributed by atoms with E-state index in [0.717, 1.165) is 17.5 Å². The molecule has 2 aromatic rings. The Labute approximate surface area is 134 Å². The van der Waals surface area contributed by atoms with Crippen LogP contribution >= 0.6 is 0 Å². The zero-order chi connectivity index (χ0) is 16.4. The van der Waals surface area contributed by atoms with Gasteiger partial charge in [-0.05, 0) is 30.4 Å². The van der Waals surface area contributed by atoms with Gasteiger partial charge in [0.25, 0.3) is 5.56 Å². The van der Waals surface area contributed by atoms with Gasteiger partial charge in [0.05, 0.1) is 5.39 Å². The van der Waals surface area contributed by atoms with E-state index in [0.29, 0.717) is 22.7 Å². The molecule has 1 saturated carbocycles. The van der Waals surface area contributed by atoms with Gasteiger partial charge >= 0.3 is 0 Å². The van der Waals surface area contributed by atoms with Crippen LogP contribution in [0.3, 0.4) is 0 Å². The number of nitrogens with one attached hydrogen (secondary N) is 1. The predicted octanol–water partition coefficient (Wildman–Crippen LogP) is 1.73. The molecule has 3 rings (SSSR count). The quantitative estimate of drug-likeness (QED) is 0.936. The van der Waals surface area contributed by atoms with E-state index in [4.69, 9.17) is 0 Å². The fourth-order valence-electron chi connectivity index (χ4n) is 3.30. The Balaban J connectivity index is 1.73. The monoisotopic (exact) mass is 314 g/mol. The summed E-state index contributed by atoms with van der Waals surface area (Å²) >= 11 is 0. The number of nitrogens with zero attached hydrogens (tertiary/aromatic N) is 3. The molecule has 0 unspecified atom stereocenters. The summed E-state index contributed by atoms with van der Waals surface area (Å²) in [5.74, 6) is 0.881. The molecule has 6 nitrogen and oxygen atoms in total. The summed E-state index contributed by atoms with van der Waals surface area (Å²) < 4.78 is 1.13.